The summed E-state index contributed by atoms with van der Waals surface area (Å²) >= 11 is 0. The lowest BCUT2D eigenvalue weighted by Gasteiger charge is -2.33. The molecule has 0 aliphatic heterocycles. The number of hydrogen-bond acceptors (Lipinski definition) is 2. The maximum atomic E-state index is 15.0. The van der Waals surface area contributed by atoms with Crippen LogP contribution in [0.25, 0.3) is 0 Å². The molecule has 0 saturated carbocycles. The molecule has 0 aromatic heterocycles. The van der Waals surface area contributed by atoms with Gasteiger partial charge in [-0.25, -0.2) is 4.39 Å². The van der Waals surface area contributed by atoms with Crippen molar-refractivity contribution in [2.24, 2.45) is 5.92 Å². The van der Waals surface area contributed by atoms with Gasteiger partial charge in [0.1, 0.15) is 11.4 Å². The molecule has 0 fully saturated rings. The Morgan fingerprint density at radius 3 is 2.44 bits per heavy atom. The van der Waals surface area contributed by atoms with E-state index in [0.29, 0.717) is 18.5 Å². The van der Waals surface area contributed by atoms with Crippen LogP contribution in [0.4, 0.5) is 4.39 Å². The molecular weight excluding hydrogens is 253 g/mol. The average Bonchev–Trinajstić information content (AvgIpc) is 2.27. The molecule has 104 valence electrons. The third kappa shape index (κ3) is 3.85. The van der Waals surface area contributed by atoms with E-state index in [2.05, 4.69) is 0 Å². The van der Waals surface area contributed by atoms with Gasteiger partial charge in [0.2, 0.25) is 0 Å². The Bertz CT molecular complexity index is 373. The van der Waals surface area contributed by atoms with Gasteiger partial charge in [0, 0.05) is 12.5 Å². The predicted octanol–water partition coefficient (Wildman–Crippen LogP) is 3.59. The fourth-order valence-corrected chi connectivity index (χ4v) is 2.29. The SMILES string of the molecule is CCC(F)(c1cccc(O)c1)C(C)CN(C)C.Cl. The van der Waals surface area contributed by atoms with Gasteiger partial charge in [-0.15, -0.1) is 12.4 Å². The maximum Gasteiger partial charge on any atom is 0.139 e. The zero-order chi connectivity index (χ0) is 13.1. The van der Waals surface area contributed by atoms with Crippen LogP contribution in [0.15, 0.2) is 24.3 Å². The van der Waals surface area contributed by atoms with Crippen molar-refractivity contribution in [1.29, 1.82) is 0 Å². The molecule has 2 unspecified atom stereocenters. The zero-order valence-corrected chi connectivity index (χ0v) is 12.3. The topological polar surface area (TPSA) is 23.5 Å². The summed E-state index contributed by atoms with van der Waals surface area (Å²) in [7, 11) is 3.88. The van der Waals surface area contributed by atoms with Gasteiger partial charge < -0.3 is 10.0 Å². The van der Waals surface area contributed by atoms with Crippen molar-refractivity contribution < 1.29 is 9.50 Å². The highest BCUT2D eigenvalue weighted by Crippen LogP contribution is 2.38. The quantitative estimate of drug-likeness (QED) is 0.888. The second kappa shape index (κ2) is 6.95. The second-order valence-corrected chi connectivity index (χ2v) is 4.93. The Hall–Kier alpha value is -0.800. The Balaban J connectivity index is 0.00000289. The Morgan fingerprint density at radius 1 is 1.39 bits per heavy atom. The largest absolute Gasteiger partial charge is 0.508 e. The summed E-state index contributed by atoms with van der Waals surface area (Å²) in [6.07, 6.45) is 0.408. The molecule has 0 saturated heterocycles. The standard InChI is InChI=1S/C14H22FNO.ClH/c1-5-14(15,11(2)10-16(3)4)12-7-6-8-13(17)9-12;/h6-9,11,17H,5,10H2,1-4H3;1H. The van der Waals surface area contributed by atoms with E-state index in [9.17, 15) is 5.11 Å². The van der Waals surface area contributed by atoms with E-state index in [1.807, 2.05) is 32.8 Å². The molecule has 1 rings (SSSR count). The summed E-state index contributed by atoms with van der Waals surface area (Å²) in [6, 6.07) is 6.53. The summed E-state index contributed by atoms with van der Waals surface area (Å²) in [6.45, 7) is 4.43. The number of alkyl halides is 1. The first-order valence-electron chi connectivity index (χ1n) is 6.03. The summed E-state index contributed by atoms with van der Waals surface area (Å²) in [4.78, 5) is 1.98. The van der Waals surface area contributed by atoms with Gasteiger partial charge in [-0.05, 0) is 38.2 Å². The Kier molecular flexibility index (Phi) is 6.64. The second-order valence-electron chi connectivity index (χ2n) is 4.93. The number of aromatic hydroxyl groups is 1. The molecule has 0 heterocycles. The molecule has 1 aromatic rings. The lowest BCUT2D eigenvalue weighted by atomic mass is 9.81. The third-order valence-corrected chi connectivity index (χ3v) is 3.26. The van der Waals surface area contributed by atoms with Gasteiger partial charge in [0.05, 0.1) is 0 Å². The number of phenols is 1. The van der Waals surface area contributed by atoms with Crippen LogP contribution in [-0.2, 0) is 5.67 Å². The highest BCUT2D eigenvalue weighted by atomic mass is 35.5. The van der Waals surface area contributed by atoms with Crippen LogP contribution < -0.4 is 0 Å². The minimum Gasteiger partial charge on any atom is -0.508 e. The molecular formula is C14H23ClFNO. The number of hydrogen-bond donors (Lipinski definition) is 1. The predicted molar refractivity (Wildman–Crippen MR) is 76.1 cm³/mol. The fourth-order valence-electron chi connectivity index (χ4n) is 2.29. The first kappa shape index (κ1) is 17.2. The molecule has 0 spiro atoms. The minimum absolute atomic E-state index is 0. The molecule has 0 aliphatic carbocycles. The monoisotopic (exact) mass is 275 g/mol. The Labute approximate surface area is 115 Å². The first-order chi connectivity index (χ1) is 7.90. The van der Waals surface area contributed by atoms with Gasteiger partial charge in [0.25, 0.3) is 0 Å². The molecule has 2 nitrogen and oxygen atoms in total. The van der Waals surface area contributed by atoms with Gasteiger partial charge in [-0.2, -0.15) is 0 Å². The summed E-state index contributed by atoms with van der Waals surface area (Å²) in [5, 5.41) is 9.46. The minimum atomic E-state index is -1.39. The maximum absolute atomic E-state index is 15.0. The highest BCUT2D eigenvalue weighted by molar-refractivity contribution is 5.85. The van der Waals surface area contributed by atoms with Gasteiger partial charge in [-0.3, -0.25) is 0 Å². The van der Waals surface area contributed by atoms with Crippen molar-refractivity contribution in [3.8, 4) is 5.75 Å². The number of phenolic OH excluding ortho intramolecular Hbond substituents is 1. The molecule has 18 heavy (non-hydrogen) atoms. The van der Waals surface area contributed by atoms with E-state index in [0.717, 1.165) is 0 Å². The van der Waals surface area contributed by atoms with Crippen LogP contribution in [-0.4, -0.2) is 30.6 Å². The number of benzene rings is 1. The van der Waals surface area contributed by atoms with Crippen LogP contribution in [0.1, 0.15) is 25.8 Å². The van der Waals surface area contributed by atoms with Crippen LogP contribution >= 0.6 is 12.4 Å². The molecule has 4 heteroatoms. The molecule has 0 amide bonds. The molecule has 0 aliphatic rings. The van der Waals surface area contributed by atoms with E-state index < -0.39 is 5.67 Å². The molecule has 1 aromatic carbocycles. The van der Waals surface area contributed by atoms with Gasteiger partial charge >= 0.3 is 0 Å². The van der Waals surface area contributed by atoms with Crippen LogP contribution in [0.3, 0.4) is 0 Å². The summed E-state index contributed by atoms with van der Waals surface area (Å²) in [5.74, 6) is -0.000622. The molecule has 0 radical (unpaired) electrons. The molecule has 0 bridgehead atoms. The van der Waals surface area contributed by atoms with Crippen LogP contribution in [0, 0.1) is 5.92 Å². The number of nitrogens with zero attached hydrogens (tertiary/aromatic N) is 1. The van der Waals surface area contributed by atoms with Crippen molar-refractivity contribution in [1.82, 2.24) is 4.90 Å². The lowest BCUT2D eigenvalue weighted by molar-refractivity contribution is 0.0658. The van der Waals surface area contributed by atoms with Crippen LogP contribution in [0.2, 0.25) is 0 Å². The fraction of sp³-hybridized carbons (Fsp3) is 0.571. The van der Waals surface area contributed by atoms with E-state index in [1.165, 1.54) is 6.07 Å². The van der Waals surface area contributed by atoms with Crippen molar-refractivity contribution in [2.75, 3.05) is 20.6 Å². The highest BCUT2D eigenvalue weighted by Gasteiger charge is 2.36. The van der Waals surface area contributed by atoms with Crippen molar-refractivity contribution >= 4 is 12.4 Å². The van der Waals surface area contributed by atoms with Gasteiger partial charge in [0.15, 0.2) is 0 Å². The number of rotatable bonds is 5. The molecule has 2 atom stereocenters. The molecule has 1 N–H and O–H groups in total. The van der Waals surface area contributed by atoms with E-state index in [1.54, 1.807) is 18.2 Å². The smallest absolute Gasteiger partial charge is 0.139 e. The summed E-state index contributed by atoms with van der Waals surface area (Å²) in [5.41, 5.74) is -0.822. The van der Waals surface area contributed by atoms with Gasteiger partial charge in [-0.1, -0.05) is 26.0 Å². The van der Waals surface area contributed by atoms with Crippen molar-refractivity contribution in [3.63, 3.8) is 0 Å². The van der Waals surface area contributed by atoms with E-state index >= 15 is 4.39 Å². The number of halogens is 2. The first-order valence-corrected chi connectivity index (χ1v) is 6.03. The van der Waals surface area contributed by atoms with Crippen molar-refractivity contribution in [2.45, 2.75) is 25.9 Å². The Morgan fingerprint density at radius 2 is 2.00 bits per heavy atom. The lowest BCUT2D eigenvalue weighted by Crippen LogP contribution is -2.35. The normalized spacial score (nSPS) is 15.9. The zero-order valence-electron chi connectivity index (χ0n) is 11.5. The van der Waals surface area contributed by atoms with E-state index in [-0.39, 0.29) is 24.1 Å². The van der Waals surface area contributed by atoms with E-state index in [4.69, 9.17) is 0 Å². The average molecular weight is 276 g/mol. The third-order valence-electron chi connectivity index (χ3n) is 3.26. The summed E-state index contributed by atoms with van der Waals surface area (Å²) < 4.78 is 15.0. The van der Waals surface area contributed by atoms with Crippen LogP contribution in [0.5, 0.6) is 5.75 Å². The van der Waals surface area contributed by atoms with Crippen molar-refractivity contribution in [3.05, 3.63) is 29.8 Å².